The summed E-state index contributed by atoms with van der Waals surface area (Å²) >= 11 is 1.26. The van der Waals surface area contributed by atoms with Crippen LogP contribution < -0.4 is 10.2 Å². The molecule has 0 saturated heterocycles. The second-order valence-electron chi connectivity index (χ2n) is 5.01. The van der Waals surface area contributed by atoms with Gasteiger partial charge in [-0.1, -0.05) is 12.1 Å². The third-order valence-electron chi connectivity index (χ3n) is 3.23. The van der Waals surface area contributed by atoms with Gasteiger partial charge in [0.05, 0.1) is 6.21 Å². The summed E-state index contributed by atoms with van der Waals surface area (Å²) in [7, 11) is 0. The number of hydrogen-bond acceptors (Lipinski definition) is 5. The van der Waals surface area contributed by atoms with Gasteiger partial charge in [0.1, 0.15) is 23.1 Å². The van der Waals surface area contributed by atoms with E-state index >= 15 is 0 Å². The Morgan fingerprint density at radius 1 is 1.20 bits per heavy atom. The van der Waals surface area contributed by atoms with Crippen LogP contribution in [0.4, 0.5) is 4.39 Å². The zero-order valence-corrected chi connectivity index (χ0v) is 13.9. The Hall–Kier alpha value is -3.06. The molecular formula is C18H14FN3O2S. The molecule has 0 unspecified atom stereocenters. The average molecular weight is 355 g/mol. The number of amides is 1. The molecule has 2 heterocycles. The van der Waals surface area contributed by atoms with Crippen LogP contribution in [0.25, 0.3) is 0 Å². The molecule has 3 rings (SSSR count). The van der Waals surface area contributed by atoms with Crippen LogP contribution in [-0.2, 0) is 6.61 Å². The number of hydrazone groups is 1. The zero-order valence-electron chi connectivity index (χ0n) is 13.1. The lowest BCUT2D eigenvalue weighted by atomic mass is 10.2. The molecule has 1 amide bonds. The fraction of sp³-hybridized carbons (Fsp3) is 0.0556. The summed E-state index contributed by atoms with van der Waals surface area (Å²) in [5, 5.41) is 5.69. The molecule has 126 valence electrons. The molecule has 5 nitrogen and oxygen atoms in total. The average Bonchev–Trinajstić information content (AvgIpc) is 3.11. The van der Waals surface area contributed by atoms with Crippen molar-refractivity contribution in [1.29, 1.82) is 0 Å². The minimum Gasteiger partial charge on any atom is -0.487 e. The minimum atomic E-state index is -0.352. The largest absolute Gasteiger partial charge is 0.487 e. The van der Waals surface area contributed by atoms with E-state index in [1.165, 1.54) is 29.7 Å². The molecule has 0 aliphatic carbocycles. The molecular weight excluding hydrogens is 341 g/mol. The smallest absolute Gasteiger partial charge is 0.285 e. The number of carbonyl (C=O) groups excluding carboxylic acids is 1. The second kappa shape index (κ2) is 8.16. The fourth-order valence-electron chi connectivity index (χ4n) is 1.98. The topological polar surface area (TPSA) is 63.6 Å². The summed E-state index contributed by atoms with van der Waals surface area (Å²) < 4.78 is 18.6. The maximum absolute atomic E-state index is 12.9. The first kappa shape index (κ1) is 16.8. The molecule has 0 saturated carbocycles. The van der Waals surface area contributed by atoms with Gasteiger partial charge in [-0.2, -0.15) is 5.10 Å². The molecule has 0 bridgehead atoms. The molecule has 0 aliphatic heterocycles. The summed E-state index contributed by atoms with van der Waals surface area (Å²) in [4.78, 5) is 16.5. The van der Waals surface area contributed by atoms with Gasteiger partial charge in [0.15, 0.2) is 0 Å². The Morgan fingerprint density at radius 2 is 1.96 bits per heavy atom. The zero-order chi connectivity index (χ0) is 17.5. The number of benzene rings is 1. The molecule has 3 aromatic rings. The highest BCUT2D eigenvalue weighted by Crippen LogP contribution is 2.25. The lowest BCUT2D eigenvalue weighted by Crippen LogP contribution is -2.17. The molecule has 1 N–H and O–H groups in total. The lowest BCUT2D eigenvalue weighted by molar-refractivity contribution is 0.0955. The van der Waals surface area contributed by atoms with Crippen molar-refractivity contribution < 1.29 is 13.9 Å². The quantitative estimate of drug-likeness (QED) is 0.542. The molecule has 25 heavy (non-hydrogen) atoms. The monoisotopic (exact) mass is 355 g/mol. The molecule has 1 aromatic carbocycles. The highest BCUT2D eigenvalue weighted by atomic mass is 32.1. The van der Waals surface area contributed by atoms with Crippen LogP contribution in [0.2, 0.25) is 0 Å². The highest BCUT2D eigenvalue weighted by Gasteiger charge is 2.14. The Labute approximate surface area is 147 Å². The Bertz CT molecular complexity index is 864. The van der Waals surface area contributed by atoms with Gasteiger partial charge < -0.3 is 4.74 Å². The van der Waals surface area contributed by atoms with E-state index in [4.69, 9.17) is 4.74 Å². The van der Waals surface area contributed by atoms with Crippen LogP contribution in [0, 0.1) is 5.82 Å². The van der Waals surface area contributed by atoms with Gasteiger partial charge in [-0.25, -0.2) is 9.82 Å². The second-order valence-corrected chi connectivity index (χ2v) is 5.92. The number of hydrogen-bond donors (Lipinski definition) is 1. The van der Waals surface area contributed by atoms with Crippen molar-refractivity contribution in [2.45, 2.75) is 6.61 Å². The third kappa shape index (κ3) is 4.71. The number of nitrogens with zero attached hydrogens (tertiary/aromatic N) is 2. The number of carbonyl (C=O) groups is 1. The Balaban J connectivity index is 1.59. The number of thiophene rings is 1. The first-order chi connectivity index (χ1) is 12.2. The van der Waals surface area contributed by atoms with Crippen molar-refractivity contribution in [3.63, 3.8) is 0 Å². The normalized spacial score (nSPS) is 10.8. The third-order valence-corrected chi connectivity index (χ3v) is 4.12. The SMILES string of the molecule is O=C(N/N=C\c1ccncc1)c1sccc1OCc1ccc(F)cc1. The van der Waals surface area contributed by atoms with Gasteiger partial charge >= 0.3 is 0 Å². The van der Waals surface area contributed by atoms with Gasteiger partial charge in [0.2, 0.25) is 0 Å². The molecule has 0 aliphatic rings. The van der Waals surface area contributed by atoms with E-state index in [0.29, 0.717) is 10.6 Å². The van der Waals surface area contributed by atoms with Gasteiger partial charge in [-0.15, -0.1) is 11.3 Å². The van der Waals surface area contributed by atoms with Crippen molar-refractivity contribution in [2.24, 2.45) is 5.10 Å². The fourth-order valence-corrected chi connectivity index (χ4v) is 2.71. The van der Waals surface area contributed by atoms with Gasteiger partial charge in [0, 0.05) is 12.4 Å². The van der Waals surface area contributed by atoms with E-state index in [2.05, 4.69) is 15.5 Å². The van der Waals surface area contributed by atoms with Crippen LogP contribution in [0.5, 0.6) is 5.75 Å². The summed E-state index contributed by atoms with van der Waals surface area (Å²) in [6, 6.07) is 11.3. The number of halogens is 1. The van der Waals surface area contributed by atoms with Gasteiger partial charge in [-0.05, 0) is 46.8 Å². The van der Waals surface area contributed by atoms with Crippen molar-refractivity contribution in [3.05, 3.63) is 82.1 Å². The molecule has 7 heteroatoms. The maximum Gasteiger partial charge on any atom is 0.285 e. The first-order valence-corrected chi connectivity index (χ1v) is 8.28. The van der Waals surface area contributed by atoms with E-state index in [-0.39, 0.29) is 18.3 Å². The van der Waals surface area contributed by atoms with Crippen LogP contribution in [0.3, 0.4) is 0 Å². The number of ether oxygens (including phenoxy) is 1. The minimum absolute atomic E-state index is 0.248. The number of rotatable bonds is 6. The van der Waals surface area contributed by atoms with Crippen molar-refractivity contribution >= 4 is 23.5 Å². The van der Waals surface area contributed by atoms with Crippen LogP contribution in [0.15, 0.2) is 65.3 Å². The van der Waals surface area contributed by atoms with Crippen LogP contribution in [0.1, 0.15) is 20.8 Å². The summed E-state index contributed by atoms with van der Waals surface area (Å²) in [6.07, 6.45) is 4.82. The predicted molar refractivity (Wildman–Crippen MR) is 94.3 cm³/mol. The van der Waals surface area contributed by atoms with E-state index in [1.807, 2.05) is 0 Å². The van der Waals surface area contributed by atoms with Crippen molar-refractivity contribution in [1.82, 2.24) is 10.4 Å². The van der Waals surface area contributed by atoms with Crippen molar-refractivity contribution in [3.8, 4) is 5.75 Å². The first-order valence-electron chi connectivity index (χ1n) is 7.40. The summed E-state index contributed by atoms with van der Waals surface area (Å²) in [5.41, 5.74) is 4.11. The van der Waals surface area contributed by atoms with Gasteiger partial charge in [-0.3, -0.25) is 9.78 Å². The maximum atomic E-state index is 12.9. The molecule has 2 aromatic heterocycles. The number of pyridine rings is 1. The van der Waals surface area contributed by atoms with Crippen LogP contribution >= 0.6 is 11.3 Å². The predicted octanol–water partition coefficient (Wildman–Crippen LogP) is 3.63. The van der Waals surface area contributed by atoms with E-state index in [1.54, 1.807) is 48.1 Å². The Kier molecular flexibility index (Phi) is 5.48. The summed E-state index contributed by atoms with van der Waals surface area (Å²) in [6.45, 7) is 0.248. The molecule has 0 radical (unpaired) electrons. The van der Waals surface area contributed by atoms with Gasteiger partial charge in [0.25, 0.3) is 5.91 Å². The number of aromatic nitrogens is 1. The standard InChI is InChI=1S/C18H14FN3O2S/c19-15-3-1-14(2-4-15)12-24-16-7-10-25-17(16)18(23)22-21-11-13-5-8-20-9-6-13/h1-11H,12H2,(H,22,23)/b21-11-. The van der Waals surface area contributed by atoms with E-state index in [0.717, 1.165) is 11.1 Å². The van der Waals surface area contributed by atoms with Crippen molar-refractivity contribution in [2.75, 3.05) is 0 Å². The Morgan fingerprint density at radius 3 is 2.72 bits per heavy atom. The lowest BCUT2D eigenvalue weighted by Gasteiger charge is -2.06. The summed E-state index contributed by atoms with van der Waals surface area (Å²) in [5.74, 6) is -0.188. The van der Waals surface area contributed by atoms with Crippen LogP contribution in [-0.4, -0.2) is 17.1 Å². The van der Waals surface area contributed by atoms with E-state index < -0.39 is 0 Å². The molecule has 0 atom stereocenters. The number of nitrogens with one attached hydrogen (secondary N) is 1. The molecule has 0 spiro atoms. The highest BCUT2D eigenvalue weighted by molar-refractivity contribution is 7.12. The van der Waals surface area contributed by atoms with E-state index in [9.17, 15) is 9.18 Å². The molecule has 0 fully saturated rings.